The normalized spacial score (nSPS) is 9.79. The highest BCUT2D eigenvalue weighted by molar-refractivity contribution is 4.84. The summed E-state index contributed by atoms with van der Waals surface area (Å²) in [5.41, 5.74) is 0. The van der Waals surface area contributed by atoms with Gasteiger partial charge in [-0.05, 0) is 0 Å². The van der Waals surface area contributed by atoms with Gasteiger partial charge in [-0.1, -0.05) is 17.8 Å². The maximum Gasteiger partial charge on any atom is 0.107 e. The van der Waals surface area contributed by atoms with Crippen molar-refractivity contribution in [2.45, 2.75) is 0 Å². The second-order valence-corrected chi connectivity index (χ2v) is 3.61. The van der Waals surface area contributed by atoms with Crippen molar-refractivity contribution in [2.24, 2.45) is 0 Å². The van der Waals surface area contributed by atoms with Gasteiger partial charge in [0, 0.05) is 19.6 Å². The van der Waals surface area contributed by atoms with Crippen molar-refractivity contribution < 1.29 is 14.2 Å². The molecule has 0 aliphatic carbocycles. The van der Waals surface area contributed by atoms with E-state index in [4.69, 9.17) is 33.5 Å². The van der Waals surface area contributed by atoms with Crippen molar-refractivity contribution in [2.75, 3.05) is 59.3 Å². The zero-order valence-electron chi connectivity index (χ0n) is 11.3. The van der Waals surface area contributed by atoms with Crippen LogP contribution in [0.3, 0.4) is 0 Å². The summed E-state index contributed by atoms with van der Waals surface area (Å²) in [6, 6.07) is 0. The first-order chi connectivity index (χ1) is 9.35. The minimum atomic E-state index is 0.328. The van der Waals surface area contributed by atoms with Crippen LogP contribution in [0.1, 0.15) is 0 Å². The van der Waals surface area contributed by atoms with Gasteiger partial charge in [-0.2, -0.15) is 0 Å². The maximum absolute atomic E-state index is 5.24. The quantitative estimate of drug-likeness (QED) is 0.373. The monoisotopic (exact) mass is 263 g/mol. The predicted octanol–water partition coefficient (Wildman–Crippen LogP) is 0.238. The average molecular weight is 263 g/mol. The molecule has 0 radical (unpaired) electrons. The summed E-state index contributed by atoms with van der Waals surface area (Å²) in [4.78, 5) is 2.16. The summed E-state index contributed by atoms with van der Waals surface area (Å²) in [6.45, 7) is 5.01. The Kier molecular flexibility index (Phi) is 13.4. The van der Waals surface area contributed by atoms with Crippen LogP contribution >= 0.6 is 0 Å². The number of hydrogen-bond acceptors (Lipinski definition) is 4. The third-order valence-corrected chi connectivity index (χ3v) is 2.21. The summed E-state index contributed by atoms with van der Waals surface area (Å²) in [6.07, 6.45) is 15.3. The molecule has 0 fully saturated rings. The van der Waals surface area contributed by atoms with E-state index in [1.807, 2.05) is 0 Å². The molecule has 0 aromatic heterocycles. The highest BCUT2D eigenvalue weighted by atomic mass is 16.5. The molecule has 0 aliphatic rings. The lowest BCUT2D eigenvalue weighted by molar-refractivity contribution is 0.0719. The first-order valence-electron chi connectivity index (χ1n) is 6.11. The lowest BCUT2D eigenvalue weighted by Gasteiger charge is -2.21. The van der Waals surface area contributed by atoms with Crippen LogP contribution in [0.5, 0.6) is 0 Å². The molecule has 0 N–H and O–H groups in total. The maximum atomic E-state index is 5.24. The van der Waals surface area contributed by atoms with Gasteiger partial charge in [0.1, 0.15) is 19.8 Å². The molecular weight excluding hydrogens is 242 g/mol. The van der Waals surface area contributed by atoms with Crippen molar-refractivity contribution in [3.8, 4) is 37.0 Å². The SMILES string of the molecule is C#CCOCCN(CCOCC#C)CCOCC#C. The molecule has 0 aromatic rings. The van der Waals surface area contributed by atoms with Crippen molar-refractivity contribution in [1.82, 2.24) is 4.90 Å². The van der Waals surface area contributed by atoms with Crippen LogP contribution in [0.4, 0.5) is 0 Å². The van der Waals surface area contributed by atoms with E-state index >= 15 is 0 Å². The number of rotatable bonds is 12. The molecule has 0 unspecified atom stereocenters. The molecule has 0 aliphatic heterocycles. The number of hydrogen-bond donors (Lipinski definition) is 0. The van der Waals surface area contributed by atoms with E-state index < -0.39 is 0 Å². The molecule has 0 atom stereocenters. The lowest BCUT2D eigenvalue weighted by atomic mass is 10.4. The van der Waals surface area contributed by atoms with Crippen LogP contribution in [0, 0.1) is 37.0 Å². The van der Waals surface area contributed by atoms with Crippen LogP contribution < -0.4 is 0 Å². The van der Waals surface area contributed by atoms with Gasteiger partial charge in [-0.15, -0.1) is 19.3 Å². The first kappa shape index (κ1) is 17.5. The molecule has 0 rings (SSSR count). The van der Waals surface area contributed by atoms with Gasteiger partial charge < -0.3 is 14.2 Å². The third kappa shape index (κ3) is 12.8. The van der Waals surface area contributed by atoms with Crippen molar-refractivity contribution in [3.05, 3.63) is 0 Å². The zero-order valence-corrected chi connectivity index (χ0v) is 11.3. The molecule has 0 saturated carbocycles. The summed E-state index contributed by atoms with van der Waals surface area (Å²) in [5, 5.41) is 0. The van der Waals surface area contributed by atoms with E-state index in [-0.39, 0.29) is 0 Å². The van der Waals surface area contributed by atoms with Gasteiger partial charge >= 0.3 is 0 Å². The van der Waals surface area contributed by atoms with Crippen LogP contribution in [-0.2, 0) is 14.2 Å². The van der Waals surface area contributed by atoms with Crippen LogP contribution in [0.25, 0.3) is 0 Å². The predicted molar refractivity (Wildman–Crippen MR) is 75.4 cm³/mol. The Balaban J connectivity index is 3.77. The van der Waals surface area contributed by atoms with E-state index in [1.165, 1.54) is 0 Å². The van der Waals surface area contributed by atoms with Crippen molar-refractivity contribution >= 4 is 0 Å². The summed E-state index contributed by atoms with van der Waals surface area (Å²) in [5.74, 6) is 7.28. The molecule has 0 amide bonds. The molecular formula is C15H21NO3. The minimum Gasteiger partial charge on any atom is -0.367 e. The number of terminal acetylenes is 3. The van der Waals surface area contributed by atoms with Gasteiger partial charge in [0.05, 0.1) is 19.8 Å². The first-order valence-corrected chi connectivity index (χ1v) is 6.11. The fourth-order valence-corrected chi connectivity index (χ4v) is 1.31. The van der Waals surface area contributed by atoms with E-state index in [2.05, 4.69) is 22.7 Å². The van der Waals surface area contributed by atoms with Crippen molar-refractivity contribution in [1.29, 1.82) is 0 Å². The average Bonchev–Trinajstić information content (AvgIpc) is 2.43. The van der Waals surface area contributed by atoms with Crippen LogP contribution in [-0.4, -0.2) is 64.2 Å². The standard InChI is InChI=1S/C15H21NO3/c1-4-10-17-13-7-16(8-14-18-11-5-2)9-15-19-12-6-3/h1-3H,7-15H2. The number of nitrogens with zero attached hydrogens (tertiary/aromatic N) is 1. The Hall–Kier alpha value is -1.48. The Morgan fingerprint density at radius 1 is 0.632 bits per heavy atom. The second-order valence-electron chi connectivity index (χ2n) is 3.61. The minimum absolute atomic E-state index is 0.328. The van der Waals surface area contributed by atoms with Crippen LogP contribution in [0.2, 0.25) is 0 Å². The Morgan fingerprint density at radius 2 is 0.947 bits per heavy atom. The Morgan fingerprint density at radius 3 is 1.21 bits per heavy atom. The molecule has 0 spiro atoms. The van der Waals surface area contributed by atoms with Crippen LogP contribution in [0.15, 0.2) is 0 Å². The van der Waals surface area contributed by atoms with Crippen molar-refractivity contribution in [3.63, 3.8) is 0 Å². The van der Waals surface area contributed by atoms with Gasteiger partial charge in [0.15, 0.2) is 0 Å². The van der Waals surface area contributed by atoms with Gasteiger partial charge in [-0.3, -0.25) is 4.90 Å². The van der Waals surface area contributed by atoms with E-state index in [9.17, 15) is 0 Å². The Bertz CT molecular complexity index is 269. The highest BCUT2D eigenvalue weighted by Crippen LogP contribution is 1.91. The van der Waals surface area contributed by atoms with E-state index in [1.54, 1.807) is 0 Å². The summed E-state index contributed by atoms with van der Waals surface area (Å²) >= 11 is 0. The highest BCUT2D eigenvalue weighted by Gasteiger charge is 2.04. The largest absolute Gasteiger partial charge is 0.367 e. The third-order valence-electron chi connectivity index (χ3n) is 2.21. The van der Waals surface area contributed by atoms with E-state index in [0.717, 1.165) is 19.6 Å². The molecule has 0 bridgehead atoms. The van der Waals surface area contributed by atoms with E-state index in [0.29, 0.717) is 39.6 Å². The fraction of sp³-hybridized carbons (Fsp3) is 0.600. The summed E-state index contributed by atoms with van der Waals surface area (Å²) < 4.78 is 15.7. The smallest absolute Gasteiger partial charge is 0.107 e. The molecule has 0 heterocycles. The molecule has 4 heteroatoms. The molecule has 0 saturated heterocycles. The number of ether oxygens (including phenoxy) is 3. The fourth-order valence-electron chi connectivity index (χ4n) is 1.31. The molecule has 0 aromatic carbocycles. The van der Waals surface area contributed by atoms with Gasteiger partial charge in [0.25, 0.3) is 0 Å². The topological polar surface area (TPSA) is 30.9 Å². The Labute approximate surface area is 116 Å². The zero-order chi connectivity index (χ0) is 14.2. The van der Waals surface area contributed by atoms with Gasteiger partial charge in [0.2, 0.25) is 0 Å². The molecule has 19 heavy (non-hydrogen) atoms. The second kappa shape index (κ2) is 14.6. The lowest BCUT2D eigenvalue weighted by Crippen LogP contribution is -2.34. The molecule has 104 valence electrons. The molecule has 4 nitrogen and oxygen atoms in total. The van der Waals surface area contributed by atoms with Gasteiger partial charge in [-0.25, -0.2) is 0 Å². The summed E-state index contributed by atoms with van der Waals surface area (Å²) in [7, 11) is 0.